The Balaban J connectivity index is 1.18. The lowest BCUT2D eigenvalue weighted by molar-refractivity contribution is 0.164. The number of ether oxygens (including phenoxy) is 2. The Bertz CT molecular complexity index is 1210. The Kier molecular flexibility index (Phi) is 8.34. The van der Waals surface area contributed by atoms with Crippen molar-refractivity contribution in [2.45, 2.75) is 50.5 Å². The Labute approximate surface area is 221 Å². The highest BCUT2D eigenvalue weighted by atomic mass is 19.1. The number of nitrogens with zero attached hydrogens (tertiary/aromatic N) is 3. The number of β-amino-alcohol motifs (C(OH)–C–C–N with tert-alkyl or cyclic N) is 1. The van der Waals surface area contributed by atoms with E-state index in [0.29, 0.717) is 23.2 Å². The van der Waals surface area contributed by atoms with E-state index in [2.05, 4.69) is 32.3 Å². The number of halogens is 2. The molecule has 2 aliphatic rings. The molecule has 2 heterocycles. The molecule has 1 saturated heterocycles. The lowest BCUT2D eigenvalue weighted by Crippen LogP contribution is -2.34. The zero-order valence-electron chi connectivity index (χ0n) is 21.6. The number of methoxy groups -OCH3 is 1. The summed E-state index contributed by atoms with van der Waals surface area (Å²) in [5.74, 6) is 0.0454. The number of aromatic nitrogens is 2. The third kappa shape index (κ3) is 5.89. The molecular formula is C29H34F2N4O3. The molecule has 1 aliphatic carbocycles. The molecule has 2 N–H and O–H groups in total. The highest BCUT2D eigenvalue weighted by Gasteiger charge is 2.28. The topological polar surface area (TPSA) is 79.7 Å². The van der Waals surface area contributed by atoms with Crippen LogP contribution in [-0.2, 0) is 6.61 Å². The molecule has 7 nitrogen and oxygen atoms in total. The average Bonchev–Trinajstić information content (AvgIpc) is 2.91. The second-order valence-corrected chi connectivity index (χ2v) is 10.0. The van der Waals surface area contributed by atoms with Gasteiger partial charge in [-0.2, -0.15) is 0 Å². The molecule has 0 atom stereocenters. The van der Waals surface area contributed by atoms with Crippen molar-refractivity contribution < 1.29 is 23.4 Å². The van der Waals surface area contributed by atoms with E-state index in [1.54, 1.807) is 0 Å². The first kappa shape index (κ1) is 26.3. The molecule has 0 bridgehead atoms. The van der Waals surface area contributed by atoms with Gasteiger partial charge >= 0.3 is 0 Å². The number of benzene rings is 2. The number of hydrogen-bond donors (Lipinski definition) is 2. The summed E-state index contributed by atoms with van der Waals surface area (Å²) in [7, 11) is 1.38. The summed E-state index contributed by atoms with van der Waals surface area (Å²) in [6, 6.07) is 9.74. The fraction of sp³-hybridized carbons (Fsp3) is 0.448. The molecule has 2 aromatic carbocycles. The van der Waals surface area contributed by atoms with Crippen LogP contribution in [0.3, 0.4) is 0 Å². The van der Waals surface area contributed by atoms with Gasteiger partial charge in [0.15, 0.2) is 17.3 Å². The smallest absolute Gasteiger partial charge is 0.227 e. The first-order valence-corrected chi connectivity index (χ1v) is 13.3. The number of rotatable bonds is 10. The number of aliphatic hydroxyl groups excluding tert-OH is 1. The molecular weight excluding hydrogens is 490 g/mol. The number of nitrogens with one attached hydrogen (secondary N) is 1. The minimum Gasteiger partial charge on any atom is -0.494 e. The normalized spacial score (nSPS) is 16.7. The maximum absolute atomic E-state index is 15.1. The molecule has 2 fully saturated rings. The fourth-order valence-electron chi connectivity index (χ4n) is 5.19. The summed E-state index contributed by atoms with van der Waals surface area (Å²) in [6.45, 7) is 2.68. The van der Waals surface area contributed by atoms with Crippen molar-refractivity contribution in [3.05, 3.63) is 71.1 Å². The number of piperidine rings is 1. The van der Waals surface area contributed by atoms with Crippen molar-refractivity contribution in [2.24, 2.45) is 0 Å². The first-order valence-electron chi connectivity index (χ1n) is 13.3. The van der Waals surface area contributed by atoms with Crippen LogP contribution in [0.4, 0.5) is 20.4 Å². The molecule has 3 aromatic rings. The van der Waals surface area contributed by atoms with E-state index in [1.807, 2.05) is 12.1 Å². The van der Waals surface area contributed by atoms with Gasteiger partial charge in [-0.25, -0.2) is 18.7 Å². The molecule has 1 aliphatic heterocycles. The maximum atomic E-state index is 15.1. The molecule has 0 amide bonds. The highest BCUT2D eigenvalue weighted by molar-refractivity contribution is 5.54. The summed E-state index contributed by atoms with van der Waals surface area (Å²) in [4.78, 5) is 10.9. The SMILES string of the molecule is COc1cc(C2CCC2)c(F)c(COc2cnc(Nc3ccc(C4CCN(CCO)CC4)cc3)nc2)c1F. The van der Waals surface area contributed by atoms with Crippen LogP contribution in [0.15, 0.2) is 42.7 Å². The number of aliphatic hydroxyl groups is 1. The van der Waals surface area contributed by atoms with Crippen LogP contribution in [0, 0.1) is 11.6 Å². The van der Waals surface area contributed by atoms with E-state index >= 15 is 4.39 Å². The summed E-state index contributed by atoms with van der Waals surface area (Å²) < 4.78 is 40.7. The van der Waals surface area contributed by atoms with Crippen molar-refractivity contribution in [2.75, 3.05) is 38.7 Å². The van der Waals surface area contributed by atoms with Crippen molar-refractivity contribution in [1.29, 1.82) is 0 Å². The monoisotopic (exact) mass is 524 g/mol. The van der Waals surface area contributed by atoms with Gasteiger partial charge in [-0.1, -0.05) is 18.6 Å². The van der Waals surface area contributed by atoms with Gasteiger partial charge in [0.25, 0.3) is 0 Å². The van der Waals surface area contributed by atoms with Crippen molar-refractivity contribution in [3.8, 4) is 11.5 Å². The third-order valence-corrected chi connectivity index (χ3v) is 7.70. The molecule has 5 rings (SSSR count). The lowest BCUT2D eigenvalue weighted by Gasteiger charge is -2.31. The quantitative estimate of drug-likeness (QED) is 0.361. The van der Waals surface area contributed by atoms with E-state index in [0.717, 1.165) is 57.4 Å². The van der Waals surface area contributed by atoms with Gasteiger partial charge in [0.05, 0.1) is 31.7 Å². The van der Waals surface area contributed by atoms with Crippen molar-refractivity contribution in [3.63, 3.8) is 0 Å². The minimum atomic E-state index is -0.744. The standard InChI is InChI=1S/C29H34F2N4O3/c1-37-26-15-24(21-3-2-4-21)27(30)25(28(26)31)18-38-23-16-32-29(33-17-23)34-22-7-5-19(6-8-22)20-9-11-35(12-10-20)13-14-36/h5-8,15-17,20-21,36H,2-4,9-14,18H2,1H3,(H,32,33,34). The van der Waals surface area contributed by atoms with Crippen LogP contribution in [0.5, 0.6) is 11.5 Å². The third-order valence-electron chi connectivity index (χ3n) is 7.70. The number of anilines is 2. The summed E-state index contributed by atoms with van der Waals surface area (Å²) >= 11 is 0. The van der Waals surface area contributed by atoms with Crippen LogP contribution in [-0.4, -0.2) is 53.3 Å². The molecule has 9 heteroatoms. The molecule has 1 aromatic heterocycles. The predicted octanol–water partition coefficient (Wildman–Crippen LogP) is 5.53. The summed E-state index contributed by atoms with van der Waals surface area (Å²) in [6.07, 6.45) is 7.96. The zero-order valence-corrected chi connectivity index (χ0v) is 21.6. The van der Waals surface area contributed by atoms with Crippen LogP contribution >= 0.6 is 0 Å². The van der Waals surface area contributed by atoms with E-state index < -0.39 is 11.6 Å². The van der Waals surface area contributed by atoms with Gasteiger partial charge in [-0.3, -0.25) is 0 Å². The Morgan fingerprint density at radius 3 is 2.32 bits per heavy atom. The van der Waals surface area contributed by atoms with Gasteiger partial charge < -0.3 is 24.8 Å². The van der Waals surface area contributed by atoms with Crippen LogP contribution < -0.4 is 14.8 Å². The van der Waals surface area contributed by atoms with Gasteiger partial charge in [-0.05, 0) is 79.9 Å². The van der Waals surface area contributed by atoms with Gasteiger partial charge in [-0.15, -0.1) is 0 Å². The molecule has 0 radical (unpaired) electrons. The maximum Gasteiger partial charge on any atom is 0.227 e. The fourth-order valence-corrected chi connectivity index (χ4v) is 5.19. The van der Waals surface area contributed by atoms with Gasteiger partial charge in [0.1, 0.15) is 12.4 Å². The van der Waals surface area contributed by atoms with E-state index in [9.17, 15) is 4.39 Å². The van der Waals surface area contributed by atoms with E-state index in [-0.39, 0.29) is 30.4 Å². The number of hydrogen-bond acceptors (Lipinski definition) is 7. The second-order valence-electron chi connectivity index (χ2n) is 10.0. The van der Waals surface area contributed by atoms with Crippen LogP contribution in [0.25, 0.3) is 0 Å². The lowest BCUT2D eigenvalue weighted by atomic mass is 9.79. The second kappa shape index (κ2) is 12.0. The molecule has 0 unspecified atom stereocenters. The minimum absolute atomic E-state index is 0.0286. The Morgan fingerprint density at radius 1 is 1.00 bits per heavy atom. The van der Waals surface area contributed by atoms with Crippen LogP contribution in [0.2, 0.25) is 0 Å². The summed E-state index contributed by atoms with van der Waals surface area (Å²) in [5, 5.41) is 12.3. The predicted molar refractivity (Wildman–Crippen MR) is 141 cm³/mol. The van der Waals surface area contributed by atoms with E-state index in [1.165, 1.54) is 31.1 Å². The van der Waals surface area contributed by atoms with Gasteiger partial charge in [0, 0.05) is 12.2 Å². The highest BCUT2D eigenvalue weighted by Crippen LogP contribution is 2.41. The first-order chi connectivity index (χ1) is 18.6. The molecule has 202 valence electrons. The van der Waals surface area contributed by atoms with E-state index in [4.69, 9.17) is 14.6 Å². The molecule has 38 heavy (non-hydrogen) atoms. The largest absolute Gasteiger partial charge is 0.494 e. The van der Waals surface area contributed by atoms with Crippen LogP contribution in [0.1, 0.15) is 60.6 Å². The Hall–Kier alpha value is -3.30. The zero-order chi connectivity index (χ0) is 26.5. The van der Waals surface area contributed by atoms with Crippen molar-refractivity contribution >= 4 is 11.6 Å². The Morgan fingerprint density at radius 2 is 1.71 bits per heavy atom. The van der Waals surface area contributed by atoms with Crippen molar-refractivity contribution in [1.82, 2.24) is 14.9 Å². The molecule has 1 saturated carbocycles. The number of likely N-dealkylation sites (tertiary alicyclic amines) is 1. The van der Waals surface area contributed by atoms with Gasteiger partial charge in [0.2, 0.25) is 5.95 Å². The summed E-state index contributed by atoms with van der Waals surface area (Å²) in [5.41, 5.74) is 2.51. The molecule has 0 spiro atoms. The average molecular weight is 525 g/mol.